The van der Waals surface area contributed by atoms with E-state index in [2.05, 4.69) is 26.3 Å². The molecule has 11 heteroatoms. The van der Waals surface area contributed by atoms with Gasteiger partial charge >= 0.3 is 6.03 Å². The summed E-state index contributed by atoms with van der Waals surface area (Å²) >= 11 is 1.99. The van der Waals surface area contributed by atoms with Gasteiger partial charge in [-0.3, -0.25) is 4.79 Å². The summed E-state index contributed by atoms with van der Waals surface area (Å²) in [5.74, 6) is 1.49. The molecule has 4 aromatic rings. The van der Waals surface area contributed by atoms with E-state index in [9.17, 15) is 9.59 Å². The van der Waals surface area contributed by atoms with Crippen molar-refractivity contribution in [3.05, 3.63) is 53.7 Å². The Morgan fingerprint density at radius 2 is 1.84 bits per heavy atom. The highest BCUT2D eigenvalue weighted by Gasteiger charge is 2.42. The molecule has 2 aromatic carbocycles. The smallest absolute Gasteiger partial charge is 0.315 e. The van der Waals surface area contributed by atoms with Gasteiger partial charge in [-0.05, 0) is 93.7 Å². The monoisotopic (exact) mass is 603 g/mol. The normalized spacial score (nSPS) is 19.6. The number of nitrogens with one attached hydrogen (secondary N) is 5. The molecule has 0 aliphatic carbocycles. The molecular formula is C32H41N7O3S. The SMILES string of the molecule is NCCc1c[nH]c2ccc3oc(-c4ccc(C(=O)NCCCCNCCCCCC5SCC6NC(=O)NC65)cc4)nc3c12. The molecule has 3 amide bonds. The maximum absolute atomic E-state index is 12.7. The van der Waals surface area contributed by atoms with Gasteiger partial charge in [0.05, 0.1) is 12.1 Å². The second kappa shape index (κ2) is 13.8. The summed E-state index contributed by atoms with van der Waals surface area (Å²) < 4.78 is 6.06. The third-order valence-electron chi connectivity index (χ3n) is 8.44. The second-order valence-corrected chi connectivity index (χ2v) is 12.7. The number of amides is 3. The first-order valence-electron chi connectivity index (χ1n) is 15.5. The molecule has 2 aliphatic rings. The molecule has 7 N–H and O–H groups in total. The number of carbonyl (C=O) groups is 2. The van der Waals surface area contributed by atoms with Crippen LogP contribution in [-0.2, 0) is 6.42 Å². The van der Waals surface area contributed by atoms with Crippen LogP contribution in [0.15, 0.2) is 47.0 Å². The number of aromatic amines is 1. The van der Waals surface area contributed by atoms with E-state index in [0.29, 0.717) is 41.9 Å². The van der Waals surface area contributed by atoms with Gasteiger partial charge in [0.1, 0.15) is 5.52 Å². The van der Waals surface area contributed by atoms with Gasteiger partial charge in [-0.2, -0.15) is 11.8 Å². The van der Waals surface area contributed by atoms with Crippen LogP contribution in [0.25, 0.3) is 33.5 Å². The molecule has 3 atom stereocenters. The highest BCUT2D eigenvalue weighted by molar-refractivity contribution is 8.00. The summed E-state index contributed by atoms with van der Waals surface area (Å²) in [4.78, 5) is 32.2. The van der Waals surface area contributed by atoms with Gasteiger partial charge in [0.15, 0.2) is 5.58 Å². The Labute approximate surface area is 255 Å². The Hall–Kier alpha value is -3.54. The lowest BCUT2D eigenvalue weighted by atomic mass is 10.0. The summed E-state index contributed by atoms with van der Waals surface area (Å²) in [6.45, 7) is 3.19. The topological polar surface area (TPSA) is 150 Å². The molecule has 0 bridgehead atoms. The minimum atomic E-state index is -0.0720. The molecular weight excluding hydrogens is 562 g/mol. The van der Waals surface area contributed by atoms with E-state index in [-0.39, 0.29) is 11.9 Å². The van der Waals surface area contributed by atoms with Crippen LogP contribution in [0, 0.1) is 0 Å². The number of rotatable bonds is 15. The van der Waals surface area contributed by atoms with Crippen molar-refractivity contribution in [1.82, 2.24) is 31.2 Å². The first kappa shape index (κ1) is 29.5. The molecule has 2 saturated heterocycles. The first-order chi connectivity index (χ1) is 21.1. The molecule has 0 saturated carbocycles. The molecule has 4 heterocycles. The van der Waals surface area contributed by atoms with Gasteiger partial charge in [-0.15, -0.1) is 0 Å². The summed E-state index contributed by atoms with van der Waals surface area (Å²) in [5, 5.41) is 14.2. The van der Waals surface area contributed by atoms with Crippen LogP contribution in [0.2, 0.25) is 0 Å². The number of aromatic nitrogens is 2. The molecule has 0 radical (unpaired) electrons. The summed E-state index contributed by atoms with van der Waals surface area (Å²) in [5.41, 5.74) is 10.9. The molecule has 10 nitrogen and oxygen atoms in total. The Bertz CT molecular complexity index is 1550. The zero-order valence-electron chi connectivity index (χ0n) is 24.4. The van der Waals surface area contributed by atoms with E-state index >= 15 is 0 Å². The quantitative estimate of drug-likeness (QED) is 0.0876. The van der Waals surface area contributed by atoms with Gasteiger partial charge in [0.25, 0.3) is 5.91 Å². The van der Waals surface area contributed by atoms with Crippen molar-refractivity contribution in [3.8, 4) is 11.5 Å². The van der Waals surface area contributed by atoms with Gasteiger partial charge in [0.2, 0.25) is 5.89 Å². The summed E-state index contributed by atoms with van der Waals surface area (Å²) in [6, 6.07) is 11.9. The molecule has 2 aromatic heterocycles. The predicted molar refractivity (Wildman–Crippen MR) is 172 cm³/mol. The fraction of sp³-hybridized carbons (Fsp3) is 0.469. The first-order valence-corrected chi connectivity index (χ1v) is 16.5. The van der Waals surface area contributed by atoms with Crippen LogP contribution in [0.1, 0.15) is 54.4 Å². The van der Waals surface area contributed by atoms with Gasteiger partial charge < -0.3 is 36.4 Å². The Morgan fingerprint density at radius 3 is 2.67 bits per heavy atom. The zero-order chi connectivity index (χ0) is 29.6. The predicted octanol–water partition coefficient (Wildman–Crippen LogP) is 4.30. The molecule has 228 valence electrons. The number of benzene rings is 2. The Kier molecular flexibility index (Phi) is 9.50. The van der Waals surface area contributed by atoms with E-state index < -0.39 is 0 Å². The number of urea groups is 1. The number of thioether (sulfide) groups is 1. The maximum atomic E-state index is 12.7. The van der Waals surface area contributed by atoms with Crippen LogP contribution in [0.5, 0.6) is 0 Å². The lowest BCUT2D eigenvalue weighted by molar-refractivity contribution is 0.0953. The van der Waals surface area contributed by atoms with E-state index in [1.54, 1.807) is 0 Å². The highest BCUT2D eigenvalue weighted by Crippen LogP contribution is 2.33. The number of nitrogens with zero attached hydrogens (tertiary/aromatic N) is 1. The highest BCUT2D eigenvalue weighted by atomic mass is 32.2. The van der Waals surface area contributed by atoms with E-state index in [0.717, 1.165) is 77.7 Å². The van der Waals surface area contributed by atoms with Crippen molar-refractivity contribution in [2.75, 3.05) is 31.9 Å². The number of nitrogens with two attached hydrogens (primary N) is 1. The largest absolute Gasteiger partial charge is 0.436 e. The van der Waals surface area contributed by atoms with E-state index in [4.69, 9.17) is 15.1 Å². The average molecular weight is 604 g/mol. The number of hydrogen-bond acceptors (Lipinski definition) is 7. The fourth-order valence-corrected chi connectivity index (χ4v) is 7.68. The van der Waals surface area contributed by atoms with Crippen molar-refractivity contribution < 1.29 is 14.0 Å². The zero-order valence-corrected chi connectivity index (χ0v) is 25.2. The fourth-order valence-electron chi connectivity index (χ4n) is 6.14. The number of hydrogen-bond donors (Lipinski definition) is 6. The van der Waals surface area contributed by atoms with E-state index in [1.807, 2.05) is 54.4 Å². The summed E-state index contributed by atoms with van der Waals surface area (Å²) in [7, 11) is 0. The number of oxazole rings is 1. The minimum Gasteiger partial charge on any atom is -0.436 e. The average Bonchev–Trinajstić information content (AvgIpc) is 3.79. The summed E-state index contributed by atoms with van der Waals surface area (Å²) in [6.07, 6.45) is 9.45. The molecule has 6 rings (SSSR count). The molecule has 2 fully saturated rings. The Balaban J connectivity index is 0.865. The van der Waals surface area contributed by atoms with Crippen LogP contribution in [0.3, 0.4) is 0 Å². The molecule has 43 heavy (non-hydrogen) atoms. The second-order valence-electron chi connectivity index (χ2n) is 11.5. The number of fused-ring (bicyclic) bond motifs is 4. The van der Waals surface area contributed by atoms with Crippen LogP contribution >= 0.6 is 11.8 Å². The van der Waals surface area contributed by atoms with E-state index in [1.165, 1.54) is 19.3 Å². The third-order valence-corrected chi connectivity index (χ3v) is 9.95. The number of unbranched alkanes of at least 4 members (excludes halogenated alkanes) is 3. The van der Waals surface area contributed by atoms with Crippen molar-refractivity contribution in [2.24, 2.45) is 5.73 Å². The van der Waals surface area contributed by atoms with Crippen LogP contribution < -0.4 is 27.0 Å². The van der Waals surface area contributed by atoms with Gasteiger partial charge in [-0.25, -0.2) is 9.78 Å². The standard InChI is InChI=1S/C32H41N7O3S/c33-14-13-22-18-36-23-11-12-25-29(27(22)23)38-31(42-25)21-9-7-20(8-10-21)30(40)35-17-5-4-16-34-15-3-1-2-6-26-28-24(19-43-26)37-32(41)39-28/h7-12,18,24,26,28,34,36H,1-6,13-17,19,33H2,(H,35,40)(H2,37,39,41). The van der Waals surface area contributed by atoms with Crippen molar-refractivity contribution in [2.45, 2.75) is 62.3 Å². The van der Waals surface area contributed by atoms with Crippen LogP contribution in [-0.4, -0.2) is 71.2 Å². The van der Waals surface area contributed by atoms with Gasteiger partial charge in [0, 0.05) is 45.8 Å². The minimum absolute atomic E-state index is 0.00722. The lowest BCUT2D eigenvalue weighted by Crippen LogP contribution is -2.36. The lowest BCUT2D eigenvalue weighted by Gasteiger charge is -2.16. The third kappa shape index (κ3) is 6.84. The molecule has 3 unspecified atom stereocenters. The number of carbonyl (C=O) groups excluding carboxylic acids is 2. The Morgan fingerprint density at radius 1 is 1.02 bits per heavy atom. The van der Waals surface area contributed by atoms with Crippen LogP contribution in [0.4, 0.5) is 4.79 Å². The van der Waals surface area contributed by atoms with Gasteiger partial charge in [-0.1, -0.05) is 12.8 Å². The van der Waals surface area contributed by atoms with Crippen molar-refractivity contribution >= 4 is 45.7 Å². The molecule has 0 spiro atoms. The van der Waals surface area contributed by atoms with Crippen molar-refractivity contribution in [3.63, 3.8) is 0 Å². The maximum Gasteiger partial charge on any atom is 0.315 e. The number of H-pyrrole nitrogens is 1. The van der Waals surface area contributed by atoms with Crippen molar-refractivity contribution in [1.29, 1.82) is 0 Å². The molecule has 2 aliphatic heterocycles.